The van der Waals surface area contributed by atoms with Crippen molar-refractivity contribution in [2.24, 2.45) is 0 Å². The Morgan fingerprint density at radius 3 is 2.81 bits per heavy atom. The first-order chi connectivity index (χ1) is 7.86. The fourth-order valence-corrected chi connectivity index (χ4v) is 3.67. The zero-order chi connectivity index (χ0) is 11.2. The highest BCUT2D eigenvalue weighted by molar-refractivity contribution is 7.99. The molecule has 0 spiro atoms. The summed E-state index contributed by atoms with van der Waals surface area (Å²) in [7, 11) is 2.24. The van der Waals surface area contributed by atoms with Crippen LogP contribution in [-0.4, -0.2) is 61.8 Å². The standard InChI is InChI=1S/C12H24N2OS/c1-14(11-4-8-15-10-11)7-9-16-12-2-5-13-6-3-12/h11-13H,2-10H2,1H3. The molecule has 16 heavy (non-hydrogen) atoms. The van der Waals surface area contributed by atoms with Crippen molar-refractivity contribution < 1.29 is 4.74 Å². The molecule has 2 fully saturated rings. The Kier molecular flexibility index (Phi) is 5.42. The molecule has 2 saturated heterocycles. The van der Waals surface area contributed by atoms with Crippen LogP contribution in [0.1, 0.15) is 19.3 Å². The van der Waals surface area contributed by atoms with Gasteiger partial charge in [0.25, 0.3) is 0 Å². The van der Waals surface area contributed by atoms with Crippen LogP contribution < -0.4 is 5.32 Å². The highest BCUT2D eigenvalue weighted by Crippen LogP contribution is 2.20. The topological polar surface area (TPSA) is 24.5 Å². The molecule has 2 aliphatic rings. The summed E-state index contributed by atoms with van der Waals surface area (Å²) >= 11 is 2.16. The Labute approximate surface area is 103 Å². The Hall–Kier alpha value is 0.230. The molecule has 4 heteroatoms. The maximum Gasteiger partial charge on any atom is 0.0622 e. The molecule has 1 N–H and O–H groups in total. The van der Waals surface area contributed by atoms with Crippen LogP contribution in [-0.2, 0) is 4.74 Å². The Balaban J connectivity index is 1.56. The van der Waals surface area contributed by atoms with E-state index in [9.17, 15) is 0 Å². The van der Waals surface area contributed by atoms with Gasteiger partial charge < -0.3 is 15.0 Å². The summed E-state index contributed by atoms with van der Waals surface area (Å²) in [6, 6.07) is 0.675. The first-order valence-corrected chi connectivity index (χ1v) is 7.51. The fourth-order valence-electron chi connectivity index (χ4n) is 2.38. The molecule has 0 amide bonds. The minimum Gasteiger partial charge on any atom is -0.380 e. The Morgan fingerprint density at radius 2 is 2.12 bits per heavy atom. The predicted molar refractivity (Wildman–Crippen MR) is 70.2 cm³/mol. The smallest absolute Gasteiger partial charge is 0.0622 e. The number of hydrogen-bond donors (Lipinski definition) is 1. The molecule has 3 nitrogen and oxygen atoms in total. The van der Waals surface area contributed by atoms with Gasteiger partial charge in [0.05, 0.1) is 6.61 Å². The van der Waals surface area contributed by atoms with Crippen LogP contribution in [0.3, 0.4) is 0 Å². The third-order valence-corrected chi connectivity index (χ3v) is 4.97. The van der Waals surface area contributed by atoms with Crippen LogP contribution in [0.25, 0.3) is 0 Å². The van der Waals surface area contributed by atoms with Crippen molar-refractivity contribution in [2.75, 3.05) is 45.6 Å². The molecule has 0 saturated carbocycles. The molecule has 94 valence electrons. The summed E-state index contributed by atoms with van der Waals surface area (Å²) in [5.74, 6) is 1.28. The largest absolute Gasteiger partial charge is 0.380 e. The van der Waals surface area contributed by atoms with Gasteiger partial charge in [-0.15, -0.1) is 0 Å². The lowest BCUT2D eigenvalue weighted by molar-refractivity contribution is 0.162. The summed E-state index contributed by atoms with van der Waals surface area (Å²) in [5, 5.41) is 4.32. The van der Waals surface area contributed by atoms with Crippen molar-refractivity contribution in [3.8, 4) is 0 Å². The maximum absolute atomic E-state index is 5.42. The third kappa shape index (κ3) is 3.91. The summed E-state index contributed by atoms with van der Waals surface area (Å²) in [6.45, 7) is 5.53. The van der Waals surface area contributed by atoms with Gasteiger partial charge in [0.15, 0.2) is 0 Å². The lowest BCUT2D eigenvalue weighted by Crippen LogP contribution is -2.34. The quantitative estimate of drug-likeness (QED) is 0.785. The molecule has 0 bridgehead atoms. The zero-order valence-electron chi connectivity index (χ0n) is 10.3. The molecular weight excluding hydrogens is 220 g/mol. The molecule has 0 radical (unpaired) electrons. The molecule has 2 heterocycles. The van der Waals surface area contributed by atoms with Crippen molar-refractivity contribution in [1.29, 1.82) is 0 Å². The van der Waals surface area contributed by atoms with Crippen LogP contribution in [0.2, 0.25) is 0 Å². The normalized spacial score (nSPS) is 27.8. The Bertz CT molecular complexity index is 191. The molecule has 0 aromatic carbocycles. The van der Waals surface area contributed by atoms with E-state index in [1.165, 1.54) is 44.6 Å². The second-order valence-corrected chi connectivity index (χ2v) is 6.23. The van der Waals surface area contributed by atoms with Crippen molar-refractivity contribution in [2.45, 2.75) is 30.6 Å². The van der Waals surface area contributed by atoms with Gasteiger partial charge in [-0.2, -0.15) is 11.8 Å². The van der Waals surface area contributed by atoms with Gasteiger partial charge in [-0.3, -0.25) is 0 Å². The number of thioether (sulfide) groups is 1. The van der Waals surface area contributed by atoms with Crippen molar-refractivity contribution in [3.63, 3.8) is 0 Å². The first kappa shape index (κ1) is 12.7. The summed E-state index contributed by atoms with van der Waals surface area (Å²) in [4.78, 5) is 2.47. The summed E-state index contributed by atoms with van der Waals surface area (Å²) < 4.78 is 5.42. The van der Waals surface area contributed by atoms with E-state index < -0.39 is 0 Å². The molecule has 1 atom stereocenters. The van der Waals surface area contributed by atoms with Gasteiger partial charge in [0, 0.05) is 30.2 Å². The lowest BCUT2D eigenvalue weighted by Gasteiger charge is -2.25. The number of likely N-dealkylation sites (N-methyl/N-ethyl adjacent to an activating group) is 1. The van der Waals surface area contributed by atoms with Crippen molar-refractivity contribution in [1.82, 2.24) is 10.2 Å². The highest BCUT2D eigenvalue weighted by atomic mass is 32.2. The predicted octanol–water partition coefficient (Wildman–Crippen LogP) is 1.19. The second kappa shape index (κ2) is 6.84. The number of nitrogens with one attached hydrogen (secondary N) is 1. The maximum atomic E-state index is 5.42. The van der Waals surface area contributed by atoms with Gasteiger partial charge in [-0.25, -0.2) is 0 Å². The number of ether oxygens (including phenoxy) is 1. The molecule has 0 aromatic heterocycles. The number of rotatable bonds is 5. The van der Waals surface area contributed by atoms with Gasteiger partial charge in [0.2, 0.25) is 0 Å². The van der Waals surface area contributed by atoms with E-state index in [4.69, 9.17) is 4.74 Å². The van der Waals surface area contributed by atoms with Crippen LogP contribution in [0, 0.1) is 0 Å². The molecule has 0 aliphatic carbocycles. The minimum atomic E-state index is 0.675. The number of piperidine rings is 1. The van der Waals surface area contributed by atoms with E-state index in [1.807, 2.05) is 0 Å². The number of hydrogen-bond acceptors (Lipinski definition) is 4. The number of nitrogens with zero attached hydrogens (tertiary/aromatic N) is 1. The van der Waals surface area contributed by atoms with Gasteiger partial charge in [0.1, 0.15) is 0 Å². The van der Waals surface area contributed by atoms with E-state index in [1.54, 1.807) is 0 Å². The highest BCUT2D eigenvalue weighted by Gasteiger charge is 2.20. The van der Waals surface area contributed by atoms with Crippen LogP contribution in [0.4, 0.5) is 0 Å². The van der Waals surface area contributed by atoms with E-state index in [2.05, 4.69) is 29.0 Å². The molecular formula is C12H24N2OS. The van der Waals surface area contributed by atoms with Crippen LogP contribution in [0.5, 0.6) is 0 Å². The van der Waals surface area contributed by atoms with E-state index in [0.717, 1.165) is 18.5 Å². The van der Waals surface area contributed by atoms with Gasteiger partial charge in [-0.1, -0.05) is 0 Å². The summed E-state index contributed by atoms with van der Waals surface area (Å²) in [5.41, 5.74) is 0. The van der Waals surface area contributed by atoms with Crippen molar-refractivity contribution in [3.05, 3.63) is 0 Å². The lowest BCUT2D eigenvalue weighted by atomic mass is 10.2. The van der Waals surface area contributed by atoms with E-state index in [0.29, 0.717) is 6.04 Å². The van der Waals surface area contributed by atoms with Crippen LogP contribution in [0.15, 0.2) is 0 Å². The van der Waals surface area contributed by atoms with E-state index in [-0.39, 0.29) is 0 Å². The first-order valence-electron chi connectivity index (χ1n) is 6.46. The average molecular weight is 244 g/mol. The van der Waals surface area contributed by atoms with Gasteiger partial charge in [-0.05, 0) is 39.4 Å². The summed E-state index contributed by atoms with van der Waals surface area (Å²) in [6.07, 6.45) is 3.91. The second-order valence-electron chi connectivity index (χ2n) is 4.82. The molecule has 2 rings (SSSR count). The minimum absolute atomic E-state index is 0.675. The average Bonchev–Trinajstić information content (AvgIpc) is 2.84. The molecule has 2 aliphatic heterocycles. The SMILES string of the molecule is CN(CCSC1CCNCC1)C1CCOC1. The fraction of sp³-hybridized carbons (Fsp3) is 1.00. The van der Waals surface area contributed by atoms with Gasteiger partial charge >= 0.3 is 0 Å². The van der Waals surface area contributed by atoms with Crippen LogP contribution >= 0.6 is 11.8 Å². The molecule has 0 aromatic rings. The third-order valence-electron chi connectivity index (χ3n) is 3.61. The van der Waals surface area contributed by atoms with E-state index >= 15 is 0 Å². The zero-order valence-corrected chi connectivity index (χ0v) is 11.1. The van der Waals surface area contributed by atoms with Crippen molar-refractivity contribution >= 4 is 11.8 Å². The monoisotopic (exact) mass is 244 g/mol. The Morgan fingerprint density at radius 1 is 1.31 bits per heavy atom. The molecule has 1 unspecified atom stereocenters.